The molecule has 3 rings (SSSR count). The van der Waals surface area contributed by atoms with Gasteiger partial charge in [0, 0.05) is 11.3 Å². The zero-order chi connectivity index (χ0) is 21.0. The maximum Gasteiger partial charge on any atom is 0.225 e. The minimum absolute atomic E-state index is 0.0826. The van der Waals surface area contributed by atoms with E-state index in [0.717, 1.165) is 24.8 Å². The Morgan fingerprint density at radius 1 is 1.34 bits per heavy atom. The fourth-order valence-corrected chi connectivity index (χ4v) is 6.16. The van der Waals surface area contributed by atoms with E-state index in [2.05, 4.69) is 18.3 Å². The molecule has 0 spiro atoms. The monoisotopic (exact) mass is 432 g/mol. The molecule has 0 bridgehead atoms. The Balaban J connectivity index is 1.58. The van der Waals surface area contributed by atoms with Crippen LogP contribution in [0.1, 0.15) is 42.2 Å². The highest BCUT2D eigenvalue weighted by molar-refractivity contribution is 7.91. The zero-order valence-electron chi connectivity index (χ0n) is 16.5. The van der Waals surface area contributed by atoms with E-state index >= 15 is 0 Å². The number of nitrogens with one attached hydrogen (secondary N) is 1. The van der Waals surface area contributed by atoms with Crippen LogP contribution in [0, 0.1) is 17.2 Å². The van der Waals surface area contributed by atoms with Crippen LogP contribution in [0.4, 0.5) is 5.00 Å². The third-order valence-electron chi connectivity index (χ3n) is 5.11. The topological polar surface area (TPSA) is 96.3 Å². The van der Waals surface area contributed by atoms with Gasteiger partial charge in [-0.25, -0.2) is 8.42 Å². The molecule has 1 N–H and O–H groups in total. The summed E-state index contributed by atoms with van der Waals surface area (Å²) in [5.41, 5.74) is 1.63. The molecule has 6 nitrogen and oxygen atoms in total. The second kappa shape index (κ2) is 8.97. The van der Waals surface area contributed by atoms with Crippen molar-refractivity contribution in [2.45, 2.75) is 43.9 Å². The first-order valence-corrected chi connectivity index (χ1v) is 12.0. The van der Waals surface area contributed by atoms with Gasteiger partial charge in [-0.2, -0.15) is 5.26 Å². The molecule has 1 aromatic carbocycles. The summed E-state index contributed by atoms with van der Waals surface area (Å²) in [5.74, 6) is 0.790. The van der Waals surface area contributed by atoms with Gasteiger partial charge in [0.2, 0.25) is 5.91 Å². The molecule has 1 aromatic heterocycles. The maximum atomic E-state index is 12.4. The van der Waals surface area contributed by atoms with E-state index < -0.39 is 9.84 Å². The predicted octanol–water partition coefficient (Wildman–Crippen LogP) is 3.95. The van der Waals surface area contributed by atoms with E-state index in [1.54, 1.807) is 12.1 Å². The summed E-state index contributed by atoms with van der Waals surface area (Å²) >= 11 is 1.47. The molecule has 0 unspecified atom stereocenters. The molecule has 154 valence electrons. The van der Waals surface area contributed by atoms with Crippen molar-refractivity contribution in [3.05, 3.63) is 40.3 Å². The first-order chi connectivity index (χ1) is 13.8. The van der Waals surface area contributed by atoms with Crippen LogP contribution in [0.25, 0.3) is 0 Å². The summed E-state index contributed by atoms with van der Waals surface area (Å²) in [6, 6.07) is 8.43. The summed E-state index contributed by atoms with van der Waals surface area (Å²) in [5, 5.41) is 12.9. The summed E-state index contributed by atoms with van der Waals surface area (Å²) in [4.78, 5) is 13.7. The van der Waals surface area contributed by atoms with Gasteiger partial charge in [-0.15, -0.1) is 11.3 Å². The number of hydrogen-bond acceptors (Lipinski definition) is 6. The third kappa shape index (κ3) is 4.98. The Morgan fingerprint density at radius 2 is 2.07 bits per heavy atom. The largest absolute Gasteiger partial charge is 0.497 e. The second-order valence-corrected chi connectivity index (χ2v) is 10.5. The fourth-order valence-electron chi connectivity index (χ4n) is 3.47. The van der Waals surface area contributed by atoms with Crippen LogP contribution in [-0.2, 0) is 27.5 Å². The average molecular weight is 433 g/mol. The highest BCUT2D eigenvalue weighted by atomic mass is 32.2. The highest BCUT2D eigenvalue weighted by Gasteiger charge is 2.24. The lowest BCUT2D eigenvalue weighted by Gasteiger charge is -2.17. The van der Waals surface area contributed by atoms with E-state index in [9.17, 15) is 18.5 Å². The van der Waals surface area contributed by atoms with Gasteiger partial charge in [0.1, 0.15) is 16.8 Å². The number of anilines is 1. The van der Waals surface area contributed by atoms with Crippen LogP contribution in [0.3, 0.4) is 0 Å². The number of hydrogen-bond donors (Lipinski definition) is 1. The zero-order valence-corrected chi connectivity index (χ0v) is 18.2. The van der Waals surface area contributed by atoms with Crippen LogP contribution in [-0.4, -0.2) is 27.2 Å². The molecule has 1 aliphatic rings. The van der Waals surface area contributed by atoms with Crippen LogP contribution in [0.2, 0.25) is 0 Å². The Kier molecular flexibility index (Phi) is 6.60. The summed E-state index contributed by atoms with van der Waals surface area (Å²) in [6.07, 6.45) is 3.15. The Labute approximate surface area is 175 Å². The Hall–Kier alpha value is -2.37. The fraction of sp³-hybridized carbons (Fsp3) is 0.429. The van der Waals surface area contributed by atoms with E-state index in [-0.39, 0.29) is 29.4 Å². The number of sulfone groups is 1. The molecule has 29 heavy (non-hydrogen) atoms. The number of fused-ring (bicyclic) bond motifs is 1. The number of methoxy groups -OCH3 is 1. The molecule has 0 radical (unpaired) electrons. The minimum atomic E-state index is -3.46. The minimum Gasteiger partial charge on any atom is -0.497 e. The van der Waals surface area contributed by atoms with Crippen molar-refractivity contribution >= 4 is 32.1 Å². The lowest BCUT2D eigenvalue weighted by Crippen LogP contribution is -2.14. The van der Waals surface area contributed by atoms with Gasteiger partial charge in [-0.05, 0) is 61.4 Å². The molecular weight excluding hydrogens is 408 g/mol. The molecule has 8 heteroatoms. The Bertz CT molecular complexity index is 1030. The smallest absolute Gasteiger partial charge is 0.225 e. The second-order valence-electron chi connectivity index (χ2n) is 7.31. The molecule has 1 atom stereocenters. The van der Waals surface area contributed by atoms with E-state index in [1.807, 2.05) is 0 Å². The lowest BCUT2D eigenvalue weighted by atomic mass is 9.89. The van der Waals surface area contributed by atoms with E-state index in [1.165, 1.54) is 35.5 Å². The van der Waals surface area contributed by atoms with Gasteiger partial charge in [0.15, 0.2) is 9.84 Å². The van der Waals surface area contributed by atoms with Crippen molar-refractivity contribution in [3.63, 3.8) is 0 Å². The van der Waals surface area contributed by atoms with Gasteiger partial charge in [-0.1, -0.05) is 6.92 Å². The van der Waals surface area contributed by atoms with Crippen molar-refractivity contribution in [2.24, 2.45) is 5.92 Å². The Morgan fingerprint density at radius 3 is 2.72 bits per heavy atom. The average Bonchev–Trinajstić information content (AvgIpc) is 3.03. The number of benzene rings is 1. The quantitative estimate of drug-likeness (QED) is 0.715. The van der Waals surface area contributed by atoms with Crippen LogP contribution in [0.5, 0.6) is 5.75 Å². The molecule has 1 amide bonds. The lowest BCUT2D eigenvalue weighted by molar-refractivity contribution is -0.116. The molecule has 0 fully saturated rings. The summed E-state index contributed by atoms with van der Waals surface area (Å²) in [7, 11) is -1.94. The number of thiophene rings is 1. The van der Waals surface area contributed by atoms with Gasteiger partial charge in [0.25, 0.3) is 0 Å². The molecule has 2 aromatic rings. The van der Waals surface area contributed by atoms with Gasteiger partial charge < -0.3 is 10.1 Å². The maximum absolute atomic E-state index is 12.4. The van der Waals surface area contributed by atoms with Gasteiger partial charge >= 0.3 is 0 Å². The SMILES string of the molecule is COc1ccc(S(=O)(=O)CCCC(=O)Nc2sc3c(c2C#N)CC[C@H](C)C3)cc1. The number of amides is 1. The molecule has 1 heterocycles. The highest BCUT2D eigenvalue weighted by Crippen LogP contribution is 2.39. The van der Waals surface area contributed by atoms with Crippen LogP contribution in [0.15, 0.2) is 29.2 Å². The van der Waals surface area contributed by atoms with Crippen molar-refractivity contribution < 1.29 is 17.9 Å². The molecular formula is C21H24N2O4S2. The molecule has 1 aliphatic carbocycles. The van der Waals surface area contributed by atoms with Crippen LogP contribution >= 0.6 is 11.3 Å². The molecule has 0 saturated carbocycles. The first-order valence-electron chi connectivity index (χ1n) is 9.55. The third-order valence-corrected chi connectivity index (χ3v) is 8.10. The number of carbonyl (C=O) groups excluding carboxylic acids is 1. The van der Waals surface area contributed by atoms with Crippen LogP contribution < -0.4 is 10.1 Å². The predicted molar refractivity (Wildman–Crippen MR) is 113 cm³/mol. The van der Waals surface area contributed by atoms with Gasteiger partial charge in [-0.3, -0.25) is 4.79 Å². The standard InChI is InChI=1S/C21H24N2O4S2/c1-14-5-10-17-18(13-22)21(28-19(17)12-14)23-20(24)4-3-11-29(25,26)16-8-6-15(27-2)7-9-16/h6-9,14H,3-5,10-12H2,1-2H3,(H,23,24)/t14-/m0/s1. The molecule has 0 aliphatic heterocycles. The number of carbonyl (C=O) groups is 1. The van der Waals surface area contributed by atoms with Gasteiger partial charge in [0.05, 0.1) is 23.3 Å². The van der Waals surface area contributed by atoms with Crippen molar-refractivity contribution in [1.82, 2.24) is 0 Å². The van der Waals surface area contributed by atoms with Crippen molar-refractivity contribution in [1.29, 1.82) is 5.26 Å². The summed E-state index contributed by atoms with van der Waals surface area (Å²) < 4.78 is 29.9. The normalized spacial score (nSPS) is 16.0. The number of ether oxygens (including phenoxy) is 1. The number of nitrogens with zero attached hydrogens (tertiary/aromatic N) is 1. The first kappa shape index (κ1) is 21.3. The molecule has 0 saturated heterocycles. The number of rotatable bonds is 7. The van der Waals surface area contributed by atoms with E-state index in [0.29, 0.717) is 22.2 Å². The number of nitriles is 1. The summed E-state index contributed by atoms with van der Waals surface area (Å²) in [6.45, 7) is 2.19. The van der Waals surface area contributed by atoms with Crippen molar-refractivity contribution in [3.8, 4) is 11.8 Å². The van der Waals surface area contributed by atoms with E-state index in [4.69, 9.17) is 4.74 Å². The van der Waals surface area contributed by atoms with Crippen molar-refractivity contribution in [2.75, 3.05) is 18.2 Å².